The molecule has 1 unspecified atom stereocenters. The zero-order chi connectivity index (χ0) is 23.5. The number of nitrogens with zero attached hydrogens (tertiary/aromatic N) is 3. The first-order chi connectivity index (χ1) is 16.6. The van der Waals surface area contributed by atoms with E-state index in [0.29, 0.717) is 17.4 Å². The Kier molecular flexibility index (Phi) is 9.32. The van der Waals surface area contributed by atoms with Gasteiger partial charge in [-0.15, -0.1) is 12.4 Å². The Balaban J connectivity index is 0.00000289. The highest BCUT2D eigenvalue weighted by atomic mass is 35.5. The van der Waals surface area contributed by atoms with Gasteiger partial charge < -0.3 is 14.5 Å². The van der Waals surface area contributed by atoms with E-state index < -0.39 is 0 Å². The Morgan fingerprint density at radius 3 is 2.26 bits per heavy atom. The van der Waals surface area contributed by atoms with Crippen LogP contribution in [0, 0.1) is 11.3 Å². The van der Waals surface area contributed by atoms with Crippen LogP contribution in [0.4, 0.5) is 11.4 Å². The number of piperazine rings is 1. The van der Waals surface area contributed by atoms with Crippen molar-refractivity contribution in [3.8, 4) is 0 Å². The average molecular weight is 504 g/mol. The van der Waals surface area contributed by atoms with Crippen LogP contribution >= 0.6 is 12.4 Å². The largest absolute Gasteiger partial charge is 0.383 e. The van der Waals surface area contributed by atoms with E-state index >= 15 is 0 Å². The molecule has 1 aromatic rings. The lowest BCUT2D eigenvalue weighted by Gasteiger charge is -2.42. The molecule has 5 heteroatoms. The average Bonchev–Trinajstić information content (AvgIpc) is 3.58. The van der Waals surface area contributed by atoms with Crippen LogP contribution in [0.5, 0.6) is 0 Å². The van der Waals surface area contributed by atoms with Crippen LogP contribution in [0.3, 0.4) is 0 Å². The fourth-order valence-electron chi connectivity index (χ4n) is 7.21. The summed E-state index contributed by atoms with van der Waals surface area (Å²) in [6.45, 7) is 13.0. The second-order valence-corrected chi connectivity index (χ2v) is 11.9. The van der Waals surface area contributed by atoms with Gasteiger partial charge in [-0.05, 0) is 92.4 Å². The van der Waals surface area contributed by atoms with E-state index in [-0.39, 0.29) is 12.4 Å². The molecule has 0 amide bonds. The van der Waals surface area contributed by atoms with Crippen LogP contribution in [0.15, 0.2) is 18.2 Å². The lowest BCUT2D eigenvalue weighted by atomic mass is 9.66. The second-order valence-electron chi connectivity index (χ2n) is 11.9. The van der Waals surface area contributed by atoms with Crippen molar-refractivity contribution in [1.82, 2.24) is 4.90 Å². The minimum absolute atomic E-state index is 0. The standard InChI is InChI=1S/C30H49N3O.ClH/c1-4-30(5-2)14-12-25(13-15-30)28-21-26(33-16-6-7-27(33)23-34-3)10-11-29(28)32-19-17-31(18-20-32)22-24-8-9-24;/h10-11,21,24-25,27H,4-9,12-20,22-23H2,1-3H3;1H. The minimum Gasteiger partial charge on any atom is -0.383 e. The van der Waals surface area contributed by atoms with Gasteiger partial charge in [-0.3, -0.25) is 4.90 Å². The van der Waals surface area contributed by atoms with Gasteiger partial charge in [0.2, 0.25) is 0 Å². The lowest BCUT2D eigenvalue weighted by Crippen LogP contribution is -2.47. The molecule has 0 bridgehead atoms. The summed E-state index contributed by atoms with van der Waals surface area (Å²) in [5.74, 6) is 1.72. The number of hydrogen-bond donors (Lipinski definition) is 0. The molecular formula is C30H50ClN3O. The van der Waals surface area contributed by atoms with Gasteiger partial charge >= 0.3 is 0 Å². The molecule has 2 aliphatic carbocycles. The van der Waals surface area contributed by atoms with Crippen molar-refractivity contribution in [3.05, 3.63) is 23.8 Å². The van der Waals surface area contributed by atoms with Gasteiger partial charge in [0, 0.05) is 57.8 Å². The first-order valence-electron chi connectivity index (χ1n) is 14.5. The molecule has 4 fully saturated rings. The summed E-state index contributed by atoms with van der Waals surface area (Å²) in [4.78, 5) is 8.08. The maximum absolute atomic E-state index is 5.58. The van der Waals surface area contributed by atoms with Gasteiger partial charge in [-0.25, -0.2) is 0 Å². The fraction of sp³-hybridized carbons (Fsp3) is 0.800. The van der Waals surface area contributed by atoms with E-state index in [1.54, 1.807) is 11.3 Å². The molecule has 2 saturated heterocycles. The predicted molar refractivity (Wildman–Crippen MR) is 152 cm³/mol. The molecular weight excluding hydrogens is 454 g/mol. The smallest absolute Gasteiger partial charge is 0.0666 e. The van der Waals surface area contributed by atoms with Gasteiger partial charge in [0.05, 0.1) is 12.6 Å². The molecule has 4 aliphatic rings. The maximum Gasteiger partial charge on any atom is 0.0666 e. The van der Waals surface area contributed by atoms with E-state index in [4.69, 9.17) is 4.74 Å². The van der Waals surface area contributed by atoms with Crippen LogP contribution in [-0.4, -0.2) is 63.9 Å². The summed E-state index contributed by atoms with van der Waals surface area (Å²) in [5.41, 5.74) is 5.23. The van der Waals surface area contributed by atoms with Gasteiger partial charge in [0.25, 0.3) is 0 Å². The topological polar surface area (TPSA) is 19.0 Å². The predicted octanol–water partition coefficient (Wildman–Crippen LogP) is 6.72. The first kappa shape index (κ1) is 27.1. The molecule has 0 N–H and O–H groups in total. The molecule has 0 spiro atoms. The highest BCUT2D eigenvalue weighted by molar-refractivity contribution is 5.85. The number of halogens is 1. The zero-order valence-corrected chi connectivity index (χ0v) is 23.5. The quantitative estimate of drug-likeness (QED) is 0.372. The Morgan fingerprint density at radius 2 is 1.63 bits per heavy atom. The minimum atomic E-state index is 0. The summed E-state index contributed by atoms with van der Waals surface area (Å²) in [5, 5.41) is 0. The number of rotatable bonds is 9. The molecule has 1 atom stereocenters. The van der Waals surface area contributed by atoms with Gasteiger partial charge in [-0.2, -0.15) is 0 Å². The van der Waals surface area contributed by atoms with E-state index in [9.17, 15) is 0 Å². The van der Waals surface area contributed by atoms with Crippen molar-refractivity contribution in [3.63, 3.8) is 0 Å². The molecule has 35 heavy (non-hydrogen) atoms. The van der Waals surface area contributed by atoms with Crippen molar-refractivity contribution < 1.29 is 4.74 Å². The molecule has 2 saturated carbocycles. The van der Waals surface area contributed by atoms with E-state index in [0.717, 1.165) is 12.5 Å². The molecule has 2 aliphatic heterocycles. The van der Waals surface area contributed by atoms with Crippen molar-refractivity contribution >= 4 is 23.8 Å². The van der Waals surface area contributed by atoms with Crippen LogP contribution in [0.25, 0.3) is 0 Å². The Bertz CT molecular complexity index is 791. The number of benzene rings is 1. The molecule has 198 valence electrons. The maximum atomic E-state index is 5.58. The van der Waals surface area contributed by atoms with Crippen LogP contribution in [0.2, 0.25) is 0 Å². The van der Waals surface area contributed by atoms with Gasteiger partial charge in [0.1, 0.15) is 0 Å². The van der Waals surface area contributed by atoms with Crippen LogP contribution in [-0.2, 0) is 4.74 Å². The lowest BCUT2D eigenvalue weighted by molar-refractivity contribution is 0.159. The van der Waals surface area contributed by atoms with E-state index in [1.165, 1.54) is 109 Å². The third-order valence-electron chi connectivity index (χ3n) is 9.99. The number of methoxy groups -OCH3 is 1. The van der Waals surface area contributed by atoms with Crippen molar-refractivity contribution in [2.24, 2.45) is 11.3 Å². The Morgan fingerprint density at radius 1 is 0.914 bits per heavy atom. The number of ether oxygens (including phenoxy) is 1. The highest BCUT2D eigenvalue weighted by Crippen LogP contribution is 2.49. The molecule has 1 aromatic carbocycles. The monoisotopic (exact) mass is 503 g/mol. The number of hydrogen-bond acceptors (Lipinski definition) is 4. The molecule has 2 heterocycles. The third-order valence-corrected chi connectivity index (χ3v) is 9.99. The summed E-state index contributed by atoms with van der Waals surface area (Å²) in [6.07, 6.45) is 13.7. The fourth-order valence-corrected chi connectivity index (χ4v) is 7.21. The van der Waals surface area contributed by atoms with Crippen molar-refractivity contribution in [2.45, 2.75) is 90.0 Å². The number of anilines is 2. The highest BCUT2D eigenvalue weighted by Gasteiger charge is 2.35. The van der Waals surface area contributed by atoms with Crippen molar-refractivity contribution in [1.29, 1.82) is 0 Å². The normalized spacial score (nSPS) is 25.6. The Labute approximate surface area is 221 Å². The van der Waals surface area contributed by atoms with E-state index in [2.05, 4.69) is 46.7 Å². The molecule has 5 rings (SSSR count). The summed E-state index contributed by atoms with van der Waals surface area (Å²) in [6, 6.07) is 8.06. The molecule has 0 aromatic heterocycles. The zero-order valence-electron chi connectivity index (χ0n) is 22.6. The van der Waals surface area contributed by atoms with Crippen LogP contribution < -0.4 is 9.80 Å². The second kappa shape index (κ2) is 12.0. The van der Waals surface area contributed by atoms with Crippen LogP contribution in [0.1, 0.15) is 89.5 Å². The summed E-state index contributed by atoms with van der Waals surface area (Å²) < 4.78 is 5.58. The molecule has 0 radical (unpaired) electrons. The first-order valence-corrected chi connectivity index (χ1v) is 14.5. The summed E-state index contributed by atoms with van der Waals surface area (Å²) in [7, 11) is 1.85. The third kappa shape index (κ3) is 6.13. The van der Waals surface area contributed by atoms with Gasteiger partial charge in [-0.1, -0.05) is 26.7 Å². The SMILES string of the molecule is CCC1(CC)CCC(c2cc(N3CCCC3COC)ccc2N2CCN(CC3CC3)CC2)CC1.Cl. The Hall–Kier alpha value is -0.970. The van der Waals surface area contributed by atoms with Gasteiger partial charge in [0.15, 0.2) is 0 Å². The van der Waals surface area contributed by atoms with E-state index in [1.807, 2.05) is 7.11 Å². The van der Waals surface area contributed by atoms with Crippen molar-refractivity contribution in [2.75, 3.05) is 62.8 Å². The molecule has 4 nitrogen and oxygen atoms in total. The summed E-state index contributed by atoms with van der Waals surface area (Å²) >= 11 is 0.